The van der Waals surface area contributed by atoms with E-state index in [1.54, 1.807) is 60.5 Å². The van der Waals surface area contributed by atoms with E-state index in [1.807, 2.05) is 12.1 Å². The molecule has 1 N–H and O–H groups in total. The number of carbonyl (C=O) groups excluding carboxylic acids is 3. The molecule has 4 aliphatic rings. The number of anilines is 4. The Kier molecular flexibility index (Phi) is 15.2. The van der Waals surface area contributed by atoms with E-state index in [9.17, 15) is 27.7 Å². The minimum absolute atomic E-state index is 0. The number of halogens is 7. The number of carbonyl (C=O) groups is 3. The summed E-state index contributed by atoms with van der Waals surface area (Å²) >= 11 is 28.8. The van der Waals surface area contributed by atoms with Gasteiger partial charge in [-0.05, 0) is 96.8 Å². The van der Waals surface area contributed by atoms with Gasteiger partial charge in [-0.3, -0.25) is 29.3 Å². The first-order valence-corrected chi connectivity index (χ1v) is 22.6. The first kappa shape index (κ1) is 47.0. The molecule has 18 heteroatoms. The van der Waals surface area contributed by atoms with Gasteiger partial charge in [0.2, 0.25) is 11.8 Å². The molecule has 0 aromatic heterocycles. The maximum absolute atomic E-state index is 14.6. The number of hydrogen-bond donors (Lipinski definition) is 1. The Morgan fingerprint density at radius 3 is 1.69 bits per heavy atom. The van der Waals surface area contributed by atoms with Crippen LogP contribution in [0.25, 0.3) is 11.1 Å². The number of fused-ring (bicyclic) bond motifs is 3. The third kappa shape index (κ3) is 10.1. The average Bonchev–Trinajstić information content (AvgIpc) is 4.14. The fraction of sp³-hybridized carbons (Fsp3) is 0.250. The van der Waals surface area contributed by atoms with Crippen molar-refractivity contribution >= 4 is 110 Å². The van der Waals surface area contributed by atoms with Crippen LogP contribution in [0.2, 0.25) is 21.5 Å². The van der Waals surface area contributed by atoms with Crippen molar-refractivity contribution < 1.29 is 69.7 Å². The largest absolute Gasteiger partial charge is 0.497 e. The summed E-state index contributed by atoms with van der Waals surface area (Å²) in [6.45, 7) is 1.29. The summed E-state index contributed by atoms with van der Waals surface area (Å²) in [7, 11) is 0.639. The third-order valence-electron chi connectivity index (χ3n) is 10.8. The SMILES string of the molecule is COc1cc(-c2ccc(F)cc2F)c2c(c1)N(c1c(Cl)cccc1Cl)C(=O)CC2.COc1cc(Br)c2c(c1)N(c1c(Cl)cccc1Cl)C(=O)CC2.[2H]N([PH](=O)C(C)=O)C12CC1C2.[U]. The molecule has 0 spiro atoms. The average molecular weight is 1230 g/mol. The minimum atomic E-state index is -2.43. The van der Waals surface area contributed by atoms with Crippen LogP contribution < -0.4 is 24.4 Å². The molecule has 322 valence electrons. The van der Waals surface area contributed by atoms with E-state index in [4.69, 9.17) is 57.3 Å². The number of ether oxygens (including phenoxy) is 2. The van der Waals surface area contributed by atoms with Gasteiger partial charge in [0, 0.05) is 84.7 Å². The van der Waals surface area contributed by atoms with Crippen LogP contribution in [0.3, 0.4) is 0 Å². The molecule has 9 rings (SSSR count). The number of amides is 2. The summed E-state index contributed by atoms with van der Waals surface area (Å²) < 4.78 is 58.1. The van der Waals surface area contributed by atoms with Crippen LogP contribution in [-0.2, 0) is 31.8 Å². The topological polar surface area (TPSA) is 105 Å². The number of para-hydroxylation sites is 2. The third-order valence-corrected chi connectivity index (χ3v) is 14.0. The number of benzene rings is 5. The van der Waals surface area contributed by atoms with Gasteiger partial charge in [-0.25, -0.2) is 8.78 Å². The van der Waals surface area contributed by atoms with Crippen LogP contribution in [0.15, 0.2) is 83.3 Å². The van der Waals surface area contributed by atoms with Gasteiger partial charge in [0.1, 0.15) is 24.5 Å². The molecule has 0 bridgehead atoms. The van der Waals surface area contributed by atoms with Crippen molar-refractivity contribution in [2.24, 2.45) is 5.92 Å². The molecular formula is C44H37BrCl4F2N3O6PU. The van der Waals surface area contributed by atoms with Crippen LogP contribution in [0.4, 0.5) is 31.5 Å². The molecule has 0 saturated heterocycles. The fourth-order valence-corrected chi connectivity index (χ4v) is 10.00. The first-order chi connectivity index (χ1) is 29.5. The van der Waals surface area contributed by atoms with Crippen molar-refractivity contribution in [2.75, 3.05) is 24.0 Å². The first-order valence-electron chi connectivity index (χ1n) is 19.4. The Balaban J connectivity index is 0.000000171. The fourth-order valence-electron chi connectivity index (χ4n) is 7.31. The number of rotatable bonds is 8. The molecule has 2 aliphatic carbocycles. The van der Waals surface area contributed by atoms with Crippen molar-refractivity contribution in [3.05, 3.63) is 126 Å². The van der Waals surface area contributed by atoms with Crippen molar-refractivity contribution in [1.82, 2.24) is 5.08 Å². The molecule has 62 heavy (non-hydrogen) atoms. The Bertz CT molecular complexity index is 2640. The van der Waals surface area contributed by atoms with Gasteiger partial charge >= 0.3 is 0 Å². The van der Waals surface area contributed by atoms with E-state index in [0.717, 1.165) is 45.3 Å². The van der Waals surface area contributed by atoms with Crippen LogP contribution in [0.1, 0.15) is 43.7 Å². The zero-order valence-corrected chi connectivity index (χ0v) is 43.0. The van der Waals surface area contributed by atoms with E-state index >= 15 is 0 Å². The molecule has 5 aromatic rings. The number of nitrogens with zero attached hydrogens (tertiary/aromatic N) is 2. The van der Waals surface area contributed by atoms with E-state index in [2.05, 4.69) is 15.9 Å². The second-order valence-electron chi connectivity index (χ2n) is 14.7. The molecule has 2 amide bonds. The Morgan fingerprint density at radius 1 is 0.774 bits per heavy atom. The van der Waals surface area contributed by atoms with Crippen molar-refractivity contribution in [3.8, 4) is 22.6 Å². The molecule has 9 nitrogen and oxygen atoms in total. The van der Waals surface area contributed by atoms with Crippen LogP contribution in [0, 0.1) is 48.7 Å². The van der Waals surface area contributed by atoms with E-state index < -0.39 is 19.6 Å². The molecule has 2 aliphatic heterocycles. The summed E-state index contributed by atoms with van der Waals surface area (Å²) in [5.41, 5.74) is 4.19. The molecule has 5 aromatic carbocycles. The van der Waals surface area contributed by atoms with Gasteiger partial charge in [0.15, 0.2) is 13.5 Å². The summed E-state index contributed by atoms with van der Waals surface area (Å²) in [6, 6.07) is 20.7. The van der Waals surface area contributed by atoms with Gasteiger partial charge < -0.3 is 14.0 Å². The molecular weight excluding hydrogens is 1200 g/mol. The minimum Gasteiger partial charge on any atom is -0.497 e. The van der Waals surface area contributed by atoms with E-state index in [0.29, 0.717) is 79.4 Å². The van der Waals surface area contributed by atoms with Crippen molar-refractivity contribution in [1.29, 1.82) is 0 Å². The van der Waals surface area contributed by atoms with E-state index in [1.165, 1.54) is 31.1 Å². The molecule has 2 saturated carbocycles. The molecule has 1 unspecified atom stereocenters. The van der Waals surface area contributed by atoms with E-state index in [-0.39, 0.29) is 66.0 Å². The number of methoxy groups -OCH3 is 2. The zero-order chi connectivity index (χ0) is 44.8. The standard InChI is InChI=1S/C22H15Cl2F2NO2.C16H12BrCl2NO2.C6H10NO2P.U/c1-29-13-10-16(14-6-5-12(25)9-19(14)26)15-7-8-21(28)27(20(15)11-13)22-17(23)3-2-4-18(22)24;1-22-9-7-11(17)10-5-6-15(21)20(14(10)8-9)16-12(18)3-2-4-13(16)19;1-4(8)10(9)7-6-2-5(6)3-6;/h2-6,9-11H,7-8H2,1H3;2-4,7-8H,5-6H2,1H3;5,10H,2-3H2,1H3,(H,7,9);/i/hD. The predicted molar refractivity (Wildman–Crippen MR) is 241 cm³/mol. The molecule has 2 heterocycles. The van der Waals surface area contributed by atoms with Crippen molar-refractivity contribution in [2.45, 2.75) is 51.0 Å². The van der Waals surface area contributed by atoms with Gasteiger partial charge in [0.05, 0.1) is 57.1 Å². The maximum atomic E-state index is 14.6. The molecule has 1 atom stereocenters. The quantitative estimate of drug-likeness (QED) is 0.154. The Labute approximate surface area is 411 Å². The number of nitrogens with one attached hydrogen (secondary N) is 1. The molecule has 2 fully saturated rings. The zero-order valence-electron chi connectivity index (χ0n) is 34.3. The van der Waals surface area contributed by atoms with Crippen LogP contribution >= 0.6 is 70.3 Å². The maximum Gasteiger partial charge on any atom is 0.231 e. The van der Waals surface area contributed by atoms with Crippen LogP contribution in [-0.4, -0.2) is 37.1 Å². The van der Waals surface area contributed by atoms with Gasteiger partial charge in [-0.15, -0.1) is 0 Å². The second kappa shape index (κ2) is 20.1. The normalized spacial score (nSPS) is 18.6. The summed E-state index contributed by atoms with van der Waals surface area (Å²) in [4.78, 5) is 39.1. The van der Waals surface area contributed by atoms with Gasteiger partial charge in [0.25, 0.3) is 0 Å². The van der Waals surface area contributed by atoms with Gasteiger partial charge in [-0.2, -0.15) is 0 Å². The summed E-state index contributed by atoms with van der Waals surface area (Å²) in [5, 5.41) is 2.57. The smallest absolute Gasteiger partial charge is 0.231 e. The predicted octanol–water partition coefficient (Wildman–Crippen LogP) is 12.7. The summed E-state index contributed by atoms with van der Waals surface area (Å²) in [5.74, 6) is 0.0726. The second-order valence-corrected chi connectivity index (χ2v) is 18.7. The Morgan fingerprint density at radius 2 is 1.24 bits per heavy atom. The van der Waals surface area contributed by atoms with Crippen molar-refractivity contribution in [3.63, 3.8) is 0 Å². The monoisotopic (exact) mass is 1230 g/mol. The number of hydrogen-bond acceptors (Lipinski definition) is 6. The van der Waals surface area contributed by atoms with Crippen LogP contribution in [0.5, 0.6) is 11.5 Å². The summed E-state index contributed by atoms with van der Waals surface area (Å²) in [6.07, 6.45) is 3.59. The molecule has 0 radical (unpaired) electrons. The van der Waals surface area contributed by atoms with Gasteiger partial charge in [-0.1, -0.05) is 74.5 Å². The Hall–Kier alpha value is -2.95.